The maximum Gasteiger partial charge on any atom is 0.338 e. The number of aryl methyl sites for hydroxylation is 2. The summed E-state index contributed by atoms with van der Waals surface area (Å²) < 4.78 is 5.23. The fourth-order valence-corrected chi connectivity index (χ4v) is 2.26. The van der Waals surface area contributed by atoms with E-state index in [-0.39, 0.29) is 5.91 Å². The van der Waals surface area contributed by atoms with E-state index in [4.69, 9.17) is 4.74 Å². The van der Waals surface area contributed by atoms with Gasteiger partial charge in [0.15, 0.2) is 6.10 Å². The standard InChI is InChI=1S/C17H22N2O3/c1-5-8-18-16(20)12(4)22-17(21)13-6-7-15-14(9-13)10(2)11(3)19-15/h6-7,9,12,19H,5,8H2,1-4H3,(H,18,20)/t12-/m1/s1. The molecular weight excluding hydrogens is 280 g/mol. The minimum atomic E-state index is -0.802. The van der Waals surface area contributed by atoms with Crippen LogP contribution in [0, 0.1) is 13.8 Å². The molecule has 0 unspecified atom stereocenters. The minimum Gasteiger partial charge on any atom is -0.449 e. The molecule has 2 rings (SSSR count). The number of amides is 1. The highest BCUT2D eigenvalue weighted by Crippen LogP contribution is 2.22. The number of aromatic nitrogens is 1. The van der Waals surface area contributed by atoms with Crippen molar-refractivity contribution >= 4 is 22.8 Å². The Morgan fingerprint density at radius 1 is 1.32 bits per heavy atom. The third-order valence-corrected chi connectivity index (χ3v) is 3.75. The number of H-pyrrole nitrogens is 1. The summed E-state index contributed by atoms with van der Waals surface area (Å²) >= 11 is 0. The molecule has 0 aliphatic heterocycles. The summed E-state index contributed by atoms with van der Waals surface area (Å²) in [7, 11) is 0. The molecule has 0 radical (unpaired) electrons. The van der Waals surface area contributed by atoms with Gasteiger partial charge >= 0.3 is 5.97 Å². The Kier molecular flexibility index (Phi) is 4.85. The van der Waals surface area contributed by atoms with Gasteiger partial charge in [-0.2, -0.15) is 0 Å². The third-order valence-electron chi connectivity index (χ3n) is 3.75. The summed E-state index contributed by atoms with van der Waals surface area (Å²) in [5.41, 5.74) is 3.62. The van der Waals surface area contributed by atoms with E-state index in [1.54, 1.807) is 19.1 Å². The molecule has 118 valence electrons. The van der Waals surface area contributed by atoms with Gasteiger partial charge in [-0.3, -0.25) is 4.79 Å². The van der Waals surface area contributed by atoms with Crippen molar-refractivity contribution in [1.29, 1.82) is 0 Å². The lowest BCUT2D eigenvalue weighted by molar-refractivity contribution is -0.129. The number of hydrogen-bond acceptors (Lipinski definition) is 3. The molecule has 1 aromatic carbocycles. The van der Waals surface area contributed by atoms with E-state index in [1.807, 2.05) is 26.8 Å². The smallest absolute Gasteiger partial charge is 0.338 e. The zero-order valence-electron chi connectivity index (χ0n) is 13.4. The number of carbonyl (C=O) groups excluding carboxylic acids is 2. The first-order chi connectivity index (χ1) is 10.4. The second kappa shape index (κ2) is 6.64. The molecule has 1 aromatic heterocycles. The Balaban J connectivity index is 2.12. The van der Waals surface area contributed by atoms with Crippen LogP contribution in [0.2, 0.25) is 0 Å². The van der Waals surface area contributed by atoms with E-state index < -0.39 is 12.1 Å². The van der Waals surface area contributed by atoms with Gasteiger partial charge < -0.3 is 15.0 Å². The van der Waals surface area contributed by atoms with Gasteiger partial charge in [-0.15, -0.1) is 0 Å². The van der Waals surface area contributed by atoms with Crippen LogP contribution >= 0.6 is 0 Å². The Hall–Kier alpha value is -2.30. The second-order valence-corrected chi connectivity index (χ2v) is 5.47. The van der Waals surface area contributed by atoms with Gasteiger partial charge in [0.2, 0.25) is 0 Å². The molecule has 5 nitrogen and oxygen atoms in total. The van der Waals surface area contributed by atoms with Crippen LogP contribution in [-0.4, -0.2) is 29.5 Å². The van der Waals surface area contributed by atoms with Crippen molar-refractivity contribution in [3.63, 3.8) is 0 Å². The molecule has 1 heterocycles. The quantitative estimate of drug-likeness (QED) is 0.834. The number of esters is 1. The van der Waals surface area contributed by atoms with Crippen LogP contribution in [0.4, 0.5) is 0 Å². The average molecular weight is 302 g/mol. The first-order valence-electron chi connectivity index (χ1n) is 7.51. The van der Waals surface area contributed by atoms with Gasteiger partial charge in [0.05, 0.1) is 5.56 Å². The van der Waals surface area contributed by atoms with Crippen LogP contribution < -0.4 is 5.32 Å². The number of aromatic amines is 1. The molecular formula is C17H22N2O3. The summed E-state index contributed by atoms with van der Waals surface area (Å²) in [5, 5.41) is 3.71. The van der Waals surface area contributed by atoms with Crippen molar-refractivity contribution in [2.45, 2.75) is 40.2 Å². The SMILES string of the molecule is CCCNC(=O)[C@@H](C)OC(=O)c1ccc2[nH]c(C)c(C)c2c1. The van der Waals surface area contributed by atoms with E-state index >= 15 is 0 Å². The van der Waals surface area contributed by atoms with Crippen molar-refractivity contribution in [2.75, 3.05) is 6.54 Å². The van der Waals surface area contributed by atoms with Crippen molar-refractivity contribution in [1.82, 2.24) is 10.3 Å². The van der Waals surface area contributed by atoms with E-state index in [1.165, 1.54) is 0 Å². The summed E-state index contributed by atoms with van der Waals surface area (Å²) in [6.07, 6.45) is 0.0404. The highest BCUT2D eigenvalue weighted by Gasteiger charge is 2.19. The molecule has 0 fully saturated rings. The topological polar surface area (TPSA) is 71.2 Å². The Bertz CT molecular complexity index is 703. The van der Waals surface area contributed by atoms with Gasteiger partial charge in [-0.25, -0.2) is 4.79 Å². The molecule has 2 N–H and O–H groups in total. The van der Waals surface area contributed by atoms with E-state index in [9.17, 15) is 9.59 Å². The molecule has 0 aliphatic carbocycles. The normalized spacial score (nSPS) is 12.2. The summed E-state index contributed by atoms with van der Waals surface area (Å²) in [5.74, 6) is -0.760. The average Bonchev–Trinajstić information content (AvgIpc) is 2.79. The summed E-state index contributed by atoms with van der Waals surface area (Å²) in [4.78, 5) is 27.2. The fourth-order valence-electron chi connectivity index (χ4n) is 2.26. The monoisotopic (exact) mass is 302 g/mol. The molecule has 2 aromatic rings. The van der Waals surface area contributed by atoms with Crippen LogP contribution in [0.15, 0.2) is 18.2 Å². The lowest BCUT2D eigenvalue weighted by Crippen LogP contribution is -2.36. The van der Waals surface area contributed by atoms with Crippen molar-refractivity contribution in [3.8, 4) is 0 Å². The van der Waals surface area contributed by atoms with Crippen LogP contribution in [0.25, 0.3) is 10.9 Å². The fraction of sp³-hybridized carbons (Fsp3) is 0.412. The predicted molar refractivity (Wildman–Crippen MR) is 86.0 cm³/mol. The van der Waals surface area contributed by atoms with Gasteiger partial charge in [0.1, 0.15) is 0 Å². The first-order valence-corrected chi connectivity index (χ1v) is 7.51. The molecule has 22 heavy (non-hydrogen) atoms. The Labute approximate surface area is 130 Å². The molecule has 0 spiro atoms. The number of benzene rings is 1. The van der Waals surface area contributed by atoms with Crippen LogP contribution in [0.1, 0.15) is 41.9 Å². The second-order valence-electron chi connectivity index (χ2n) is 5.47. The largest absolute Gasteiger partial charge is 0.449 e. The number of rotatable bonds is 5. The summed E-state index contributed by atoms with van der Waals surface area (Å²) in [6.45, 7) is 8.12. The Morgan fingerprint density at radius 2 is 2.05 bits per heavy atom. The van der Waals surface area contributed by atoms with Crippen molar-refractivity contribution < 1.29 is 14.3 Å². The molecule has 1 amide bonds. The molecule has 1 atom stereocenters. The highest BCUT2D eigenvalue weighted by atomic mass is 16.5. The summed E-state index contributed by atoms with van der Waals surface area (Å²) in [6, 6.07) is 5.36. The molecule has 0 bridgehead atoms. The number of nitrogens with one attached hydrogen (secondary N) is 2. The van der Waals surface area contributed by atoms with Crippen molar-refractivity contribution in [2.24, 2.45) is 0 Å². The maximum atomic E-state index is 12.2. The van der Waals surface area contributed by atoms with E-state index in [0.29, 0.717) is 12.1 Å². The number of carbonyl (C=O) groups is 2. The zero-order chi connectivity index (χ0) is 16.3. The number of fused-ring (bicyclic) bond motifs is 1. The molecule has 0 aliphatic rings. The highest BCUT2D eigenvalue weighted by molar-refractivity contribution is 5.97. The molecule has 0 saturated carbocycles. The predicted octanol–water partition coefficient (Wildman–Crippen LogP) is 2.86. The van der Waals surface area contributed by atoms with E-state index in [0.717, 1.165) is 28.6 Å². The minimum absolute atomic E-state index is 0.273. The molecule has 5 heteroatoms. The molecule has 0 saturated heterocycles. The lowest BCUT2D eigenvalue weighted by Gasteiger charge is -2.13. The van der Waals surface area contributed by atoms with Gasteiger partial charge in [0, 0.05) is 23.1 Å². The number of ether oxygens (including phenoxy) is 1. The van der Waals surface area contributed by atoms with Gasteiger partial charge in [0.25, 0.3) is 5.91 Å². The van der Waals surface area contributed by atoms with Crippen LogP contribution in [0.3, 0.4) is 0 Å². The zero-order valence-corrected chi connectivity index (χ0v) is 13.4. The van der Waals surface area contributed by atoms with Crippen LogP contribution in [0.5, 0.6) is 0 Å². The third kappa shape index (κ3) is 3.30. The van der Waals surface area contributed by atoms with E-state index in [2.05, 4.69) is 10.3 Å². The first kappa shape index (κ1) is 16.1. The Morgan fingerprint density at radius 3 is 2.73 bits per heavy atom. The van der Waals surface area contributed by atoms with Crippen molar-refractivity contribution in [3.05, 3.63) is 35.0 Å². The number of hydrogen-bond donors (Lipinski definition) is 2. The van der Waals surface area contributed by atoms with Gasteiger partial charge in [-0.1, -0.05) is 6.92 Å². The van der Waals surface area contributed by atoms with Crippen LogP contribution in [-0.2, 0) is 9.53 Å². The maximum absolute atomic E-state index is 12.2. The lowest BCUT2D eigenvalue weighted by atomic mass is 10.1. The van der Waals surface area contributed by atoms with Gasteiger partial charge in [-0.05, 0) is 51.0 Å².